The second-order valence-electron chi connectivity index (χ2n) is 3.03. The number of hydrogen-bond acceptors (Lipinski definition) is 3. The summed E-state index contributed by atoms with van der Waals surface area (Å²) in [5.74, 6) is -0.640. The fourth-order valence-corrected chi connectivity index (χ4v) is 1.54. The van der Waals surface area contributed by atoms with Crippen LogP contribution >= 0.6 is 0 Å². The average molecular weight is 221 g/mol. The summed E-state index contributed by atoms with van der Waals surface area (Å²) in [5.41, 5.74) is 0.844. The number of fused-ring (bicyclic) bond motifs is 1. The van der Waals surface area contributed by atoms with E-state index in [9.17, 15) is 9.59 Å². The van der Waals surface area contributed by atoms with Gasteiger partial charge in [0, 0.05) is 0 Å². The molecule has 0 spiro atoms. The Labute approximate surface area is 94.5 Å². The molecular weight excluding hydrogens is 206 g/mol. The molecule has 0 radical (unpaired) electrons. The molecule has 0 aromatic heterocycles. The summed E-state index contributed by atoms with van der Waals surface area (Å²) in [7, 11) is 0. The minimum atomic E-state index is -0.320. The zero-order valence-corrected chi connectivity index (χ0v) is 9.43. The van der Waals surface area contributed by atoms with Gasteiger partial charge in [-0.2, -0.15) is 0 Å². The van der Waals surface area contributed by atoms with Crippen molar-refractivity contribution in [1.82, 2.24) is 4.90 Å². The van der Waals surface area contributed by atoms with Crippen molar-refractivity contribution in [2.45, 2.75) is 13.8 Å². The Hall–Kier alpha value is -1.68. The van der Waals surface area contributed by atoms with Crippen molar-refractivity contribution in [3.8, 4) is 0 Å². The van der Waals surface area contributed by atoms with E-state index in [2.05, 4.69) is 0 Å². The molecule has 16 heavy (non-hydrogen) atoms. The van der Waals surface area contributed by atoms with Crippen LogP contribution in [0, 0.1) is 0 Å². The first-order valence-electron chi connectivity index (χ1n) is 5.32. The highest BCUT2D eigenvalue weighted by Gasteiger charge is 2.34. The first-order valence-corrected chi connectivity index (χ1v) is 5.32. The molecule has 1 aromatic rings. The number of rotatable bonds is 2. The number of carbonyl (C=O) groups is 2. The minimum Gasteiger partial charge on any atom is -0.395 e. The van der Waals surface area contributed by atoms with Crippen LogP contribution in [0.2, 0.25) is 0 Å². The molecule has 4 nitrogen and oxygen atoms in total. The molecule has 1 heterocycles. The molecule has 1 aliphatic heterocycles. The van der Waals surface area contributed by atoms with E-state index >= 15 is 0 Å². The third-order valence-corrected chi connectivity index (χ3v) is 2.20. The van der Waals surface area contributed by atoms with E-state index in [4.69, 9.17) is 5.11 Å². The van der Waals surface area contributed by atoms with Crippen LogP contribution in [0.5, 0.6) is 0 Å². The average Bonchev–Trinajstić information content (AvgIpc) is 2.58. The highest BCUT2D eigenvalue weighted by Crippen LogP contribution is 2.21. The van der Waals surface area contributed by atoms with Crippen molar-refractivity contribution in [2.75, 3.05) is 13.2 Å². The molecular formula is C12H15NO3. The Morgan fingerprint density at radius 2 is 1.50 bits per heavy atom. The van der Waals surface area contributed by atoms with Crippen molar-refractivity contribution in [2.24, 2.45) is 0 Å². The SMILES string of the molecule is CC.O=C1c2ccccc2C(=O)N1CCO. The number of aliphatic hydroxyl groups excluding tert-OH is 1. The number of amides is 2. The van der Waals surface area contributed by atoms with Gasteiger partial charge in [0.05, 0.1) is 24.3 Å². The van der Waals surface area contributed by atoms with Gasteiger partial charge in [-0.05, 0) is 12.1 Å². The maximum atomic E-state index is 11.6. The lowest BCUT2D eigenvalue weighted by molar-refractivity contribution is 0.0624. The fraction of sp³-hybridized carbons (Fsp3) is 0.333. The molecule has 1 N–H and O–H groups in total. The summed E-state index contributed by atoms with van der Waals surface area (Å²) >= 11 is 0. The van der Waals surface area contributed by atoms with Gasteiger partial charge in [0.25, 0.3) is 11.8 Å². The van der Waals surface area contributed by atoms with Crippen LogP contribution in [-0.4, -0.2) is 35.0 Å². The van der Waals surface area contributed by atoms with Crippen molar-refractivity contribution < 1.29 is 14.7 Å². The third kappa shape index (κ3) is 1.97. The molecule has 0 bridgehead atoms. The molecule has 2 rings (SSSR count). The van der Waals surface area contributed by atoms with Crippen molar-refractivity contribution in [3.05, 3.63) is 35.4 Å². The number of aliphatic hydroxyl groups is 1. The molecule has 86 valence electrons. The molecule has 2 amide bonds. The number of imide groups is 1. The van der Waals surface area contributed by atoms with E-state index in [-0.39, 0.29) is 25.0 Å². The molecule has 0 aliphatic carbocycles. The van der Waals surface area contributed by atoms with Crippen LogP contribution in [0.1, 0.15) is 34.6 Å². The van der Waals surface area contributed by atoms with Crippen molar-refractivity contribution in [3.63, 3.8) is 0 Å². The summed E-state index contributed by atoms with van der Waals surface area (Å²) in [6.45, 7) is 3.86. The van der Waals surface area contributed by atoms with Crippen LogP contribution in [0.3, 0.4) is 0 Å². The summed E-state index contributed by atoms with van der Waals surface area (Å²) in [6.07, 6.45) is 0. The predicted octanol–water partition coefficient (Wildman–Crippen LogP) is 1.30. The van der Waals surface area contributed by atoms with E-state index in [1.807, 2.05) is 13.8 Å². The Morgan fingerprint density at radius 3 is 1.88 bits per heavy atom. The summed E-state index contributed by atoms with van der Waals surface area (Å²) in [5, 5.41) is 8.70. The van der Waals surface area contributed by atoms with Gasteiger partial charge in [-0.25, -0.2) is 0 Å². The van der Waals surface area contributed by atoms with E-state index in [1.165, 1.54) is 0 Å². The van der Waals surface area contributed by atoms with Gasteiger partial charge < -0.3 is 5.11 Å². The van der Waals surface area contributed by atoms with Gasteiger partial charge in [0.1, 0.15) is 0 Å². The number of benzene rings is 1. The van der Waals surface area contributed by atoms with Gasteiger partial charge >= 0.3 is 0 Å². The molecule has 0 saturated heterocycles. The molecule has 4 heteroatoms. The number of hydrogen-bond donors (Lipinski definition) is 1. The zero-order valence-electron chi connectivity index (χ0n) is 9.43. The first-order chi connectivity index (χ1) is 7.75. The van der Waals surface area contributed by atoms with Gasteiger partial charge in [0.15, 0.2) is 0 Å². The van der Waals surface area contributed by atoms with Crippen molar-refractivity contribution in [1.29, 1.82) is 0 Å². The van der Waals surface area contributed by atoms with Crippen molar-refractivity contribution >= 4 is 11.8 Å². The summed E-state index contributed by atoms with van der Waals surface area (Å²) in [4.78, 5) is 24.2. The first kappa shape index (κ1) is 12.4. The Kier molecular flexibility index (Phi) is 4.19. The molecule has 0 unspecified atom stereocenters. The van der Waals surface area contributed by atoms with E-state index in [1.54, 1.807) is 24.3 Å². The van der Waals surface area contributed by atoms with Gasteiger partial charge in [-0.1, -0.05) is 26.0 Å². The fourth-order valence-electron chi connectivity index (χ4n) is 1.54. The molecule has 1 aliphatic rings. The number of nitrogens with zero attached hydrogens (tertiary/aromatic N) is 1. The second-order valence-corrected chi connectivity index (χ2v) is 3.03. The van der Waals surface area contributed by atoms with Gasteiger partial charge in [0.2, 0.25) is 0 Å². The largest absolute Gasteiger partial charge is 0.395 e. The lowest BCUT2D eigenvalue weighted by Crippen LogP contribution is -2.32. The highest BCUT2D eigenvalue weighted by molar-refractivity contribution is 6.21. The zero-order chi connectivity index (χ0) is 12.1. The normalized spacial score (nSPS) is 13.3. The van der Waals surface area contributed by atoms with E-state index in [0.29, 0.717) is 11.1 Å². The number of β-amino-alcohol motifs (C(OH)–C–C–N with tert-alkyl or cyclic N) is 1. The molecule has 0 fully saturated rings. The van der Waals surface area contributed by atoms with Crippen LogP contribution < -0.4 is 0 Å². The van der Waals surface area contributed by atoms with E-state index < -0.39 is 0 Å². The lowest BCUT2D eigenvalue weighted by atomic mass is 10.1. The van der Waals surface area contributed by atoms with Gasteiger partial charge in [-0.15, -0.1) is 0 Å². The van der Waals surface area contributed by atoms with Crippen LogP contribution in [-0.2, 0) is 0 Å². The number of carbonyl (C=O) groups excluding carboxylic acids is 2. The van der Waals surface area contributed by atoms with Crippen LogP contribution in [0.15, 0.2) is 24.3 Å². The highest BCUT2D eigenvalue weighted by atomic mass is 16.3. The monoisotopic (exact) mass is 221 g/mol. The van der Waals surface area contributed by atoms with Crippen LogP contribution in [0.4, 0.5) is 0 Å². The maximum absolute atomic E-state index is 11.6. The Balaban J connectivity index is 0.000000606. The summed E-state index contributed by atoms with van der Waals surface area (Å²) in [6, 6.07) is 6.67. The summed E-state index contributed by atoms with van der Waals surface area (Å²) < 4.78 is 0. The Bertz CT molecular complexity index is 366. The quantitative estimate of drug-likeness (QED) is 0.766. The topological polar surface area (TPSA) is 57.6 Å². The predicted molar refractivity (Wildman–Crippen MR) is 60.2 cm³/mol. The molecule has 0 atom stereocenters. The lowest BCUT2D eigenvalue weighted by Gasteiger charge is -2.10. The van der Waals surface area contributed by atoms with Crippen LogP contribution in [0.25, 0.3) is 0 Å². The second kappa shape index (κ2) is 5.42. The standard InChI is InChI=1S/C10H9NO3.C2H6/c12-6-5-11-9(13)7-3-1-2-4-8(7)10(11)14;1-2/h1-4,12H,5-6H2;1-2H3. The Morgan fingerprint density at radius 1 is 1.06 bits per heavy atom. The smallest absolute Gasteiger partial charge is 0.261 e. The third-order valence-electron chi connectivity index (χ3n) is 2.20. The minimum absolute atomic E-state index is 0.0619. The maximum Gasteiger partial charge on any atom is 0.261 e. The van der Waals surface area contributed by atoms with Gasteiger partial charge in [-0.3, -0.25) is 14.5 Å². The van der Waals surface area contributed by atoms with E-state index in [0.717, 1.165) is 4.90 Å². The molecule has 0 saturated carbocycles. The molecule has 1 aromatic carbocycles.